The first-order valence-electron chi connectivity index (χ1n) is 7.48. The molecule has 1 aliphatic rings. The molecule has 1 heterocycles. The first kappa shape index (κ1) is 17.9. The number of hydrazone groups is 2. The van der Waals surface area contributed by atoms with Crippen LogP contribution in [0.25, 0.3) is 0 Å². The minimum atomic E-state index is -0.350. The van der Waals surface area contributed by atoms with Crippen LogP contribution in [0.1, 0.15) is 41.5 Å². The summed E-state index contributed by atoms with van der Waals surface area (Å²) in [6, 6.07) is -0.701. The van der Waals surface area contributed by atoms with Crippen molar-refractivity contribution in [2.24, 2.45) is 22.0 Å². The van der Waals surface area contributed by atoms with Gasteiger partial charge in [0.15, 0.2) is 11.7 Å². The molecule has 8 nitrogen and oxygen atoms in total. The number of rotatable bonds is 4. The molecule has 124 valence electrons. The third kappa shape index (κ3) is 5.01. The Labute approximate surface area is 131 Å². The lowest BCUT2D eigenvalue weighted by Crippen LogP contribution is -2.49. The van der Waals surface area contributed by atoms with E-state index in [4.69, 9.17) is 0 Å². The molecule has 0 aliphatic carbocycles. The second-order valence-electron chi connectivity index (χ2n) is 6.08. The third-order valence-electron chi connectivity index (χ3n) is 2.81. The van der Waals surface area contributed by atoms with Crippen molar-refractivity contribution in [1.82, 2.24) is 20.7 Å². The summed E-state index contributed by atoms with van der Waals surface area (Å²) in [5.41, 5.74) is 0. The summed E-state index contributed by atoms with van der Waals surface area (Å²) in [5, 5.41) is 16.2. The number of carbonyl (C=O) groups is 2. The molecule has 0 aromatic rings. The molecule has 8 heteroatoms. The Morgan fingerprint density at radius 1 is 0.864 bits per heavy atom. The standard InChI is InChI=1S/C14H26N6O2/c1-9(2)7-15-13(21)19-11(5)18-20(12(6)17-19)14(22)16-8-10(3)4/h9-10H,7-8H2,1-6H3,(H,15,21)(H,16,22). The van der Waals surface area contributed by atoms with Crippen molar-refractivity contribution in [3.8, 4) is 0 Å². The van der Waals surface area contributed by atoms with Crippen LogP contribution in [0.5, 0.6) is 0 Å². The van der Waals surface area contributed by atoms with E-state index in [1.807, 2.05) is 27.7 Å². The molecule has 0 aromatic heterocycles. The maximum absolute atomic E-state index is 12.1. The number of amides is 4. The van der Waals surface area contributed by atoms with E-state index < -0.39 is 0 Å². The molecule has 0 unspecified atom stereocenters. The molecule has 0 fully saturated rings. The van der Waals surface area contributed by atoms with Crippen LogP contribution in [0.3, 0.4) is 0 Å². The van der Waals surface area contributed by atoms with Gasteiger partial charge < -0.3 is 10.6 Å². The zero-order chi connectivity index (χ0) is 16.9. The van der Waals surface area contributed by atoms with E-state index in [0.717, 1.165) is 0 Å². The quantitative estimate of drug-likeness (QED) is 0.831. The Bertz CT molecular complexity index is 440. The van der Waals surface area contributed by atoms with Crippen molar-refractivity contribution in [3.05, 3.63) is 0 Å². The highest BCUT2D eigenvalue weighted by atomic mass is 16.2. The highest BCUT2D eigenvalue weighted by Gasteiger charge is 2.26. The highest BCUT2D eigenvalue weighted by molar-refractivity contribution is 6.04. The predicted molar refractivity (Wildman–Crippen MR) is 86.4 cm³/mol. The number of hydrogen-bond donors (Lipinski definition) is 2. The van der Waals surface area contributed by atoms with Crippen molar-refractivity contribution in [3.63, 3.8) is 0 Å². The van der Waals surface area contributed by atoms with Gasteiger partial charge in [0.2, 0.25) is 0 Å². The van der Waals surface area contributed by atoms with Gasteiger partial charge in [-0.3, -0.25) is 0 Å². The molecule has 4 amide bonds. The van der Waals surface area contributed by atoms with Gasteiger partial charge in [0.25, 0.3) is 0 Å². The zero-order valence-corrected chi connectivity index (χ0v) is 14.2. The average molecular weight is 310 g/mol. The number of amidine groups is 2. The maximum atomic E-state index is 12.1. The lowest BCUT2D eigenvalue weighted by atomic mass is 10.2. The van der Waals surface area contributed by atoms with E-state index in [2.05, 4.69) is 20.8 Å². The number of carbonyl (C=O) groups excluding carboxylic acids is 2. The van der Waals surface area contributed by atoms with Gasteiger partial charge >= 0.3 is 12.1 Å². The first-order valence-corrected chi connectivity index (χ1v) is 7.48. The molecule has 0 saturated heterocycles. The van der Waals surface area contributed by atoms with Gasteiger partial charge in [-0.05, 0) is 25.7 Å². The summed E-state index contributed by atoms with van der Waals surface area (Å²) in [4.78, 5) is 24.1. The number of urea groups is 2. The van der Waals surface area contributed by atoms with Gasteiger partial charge in [-0.1, -0.05) is 27.7 Å². The predicted octanol–water partition coefficient (Wildman–Crippen LogP) is 2.00. The van der Waals surface area contributed by atoms with Crippen LogP contribution in [-0.2, 0) is 0 Å². The molecule has 0 atom stereocenters. The van der Waals surface area contributed by atoms with Crippen LogP contribution in [0.4, 0.5) is 9.59 Å². The summed E-state index contributed by atoms with van der Waals surface area (Å²) in [6.45, 7) is 12.4. The third-order valence-corrected chi connectivity index (χ3v) is 2.81. The molecule has 2 N–H and O–H groups in total. The summed E-state index contributed by atoms with van der Waals surface area (Å²) in [5.74, 6) is 1.36. The van der Waals surface area contributed by atoms with Crippen molar-refractivity contribution in [2.75, 3.05) is 13.1 Å². The van der Waals surface area contributed by atoms with Crippen LogP contribution in [0.2, 0.25) is 0 Å². The summed E-state index contributed by atoms with van der Waals surface area (Å²) in [7, 11) is 0. The molecule has 0 bridgehead atoms. The van der Waals surface area contributed by atoms with Gasteiger partial charge in [0.1, 0.15) is 0 Å². The lowest BCUT2D eigenvalue weighted by molar-refractivity contribution is 0.209. The molecule has 0 aromatic carbocycles. The fourth-order valence-electron chi connectivity index (χ4n) is 1.64. The Balaban J connectivity index is 2.73. The monoisotopic (exact) mass is 310 g/mol. The van der Waals surface area contributed by atoms with Crippen LogP contribution in [0.15, 0.2) is 10.2 Å². The van der Waals surface area contributed by atoms with Gasteiger partial charge in [0.05, 0.1) is 0 Å². The Morgan fingerprint density at radius 2 is 1.18 bits per heavy atom. The average Bonchev–Trinajstić information content (AvgIpc) is 2.44. The molecule has 0 spiro atoms. The van der Waals surface area contributed by atoms with E-state index in [0.29, 0.717) is 36.6 Å². The van der Waals surface area contributed by atoms with Crippen molar-refractivity contribution in [2.45, 2.75) is 41.5 Å². The number of nitrogens with one attached hydrogen (secondary N) is 2. The fourth-order valence-corrected chi connectivity index (χ4v) is 1.64. The summed E-state index contributed by atoms with van der Waals surface area (Å²) < 4.78 is 0. The molecule has 0 radical (unpaired) electrons. The number of hydrogen-bond acceptors (Lipinski definition) is 4. The van der Waals surface area contributed by atoms with E-state index in [1.54, 1.807) is 13.8 Å². The highest BCUT2D eigenvalue weighted by Crippen LogP contribution is 2.08. The van der Waals surface area contributed by atoms with Crippen molar-refractivity contribution < 1.29 is 9.59 Å². The molecule has 0 saturated carbocycles. The molecular formula is C14H26N6O2. The topological polar surface area (TPSA) is 89.4 Å². The van der Waals surface area contributed by atoms with Gasteiger partial charge in [0, 0.05) is 13.1 Å². The molecule has 22 heavy (non-hydrogen) atoms. The van der Waals surface area contributed by atoms with Crippen LogP contribution in [0, 0.1) is 11.8 Å². The van der Waals surface area contributed by atoms with E-state index >= 15 is 0 Å². The van der Waals surface area contributed by atoms with E-state index in [1.165, 1.54) is 10.0 Å². The zero-order valence-electron chi connectivity index (χ0n) is 14.2. The summed E-state index contributed by atoms with van der Waals surface area (Å²) >= 11 is 0. The summed E-state index contributed by atoms with van der Waals surface area (Å²) in [6.07, 6.45) is 0. The smallest absolute Gasteiger partial charge is 0.336 e. The van der Waals surface area contributed by atoms with Crippen molar-refractivity contribution in [1.29, 1.82) is 0 Å². The van der Waals surface area contributed by atoms with E-state index in [-0.39, 0.29) is 12.1 Å². The Morgan fingerprint density at radius 3 is 1.45 bits per heavy atom. The Kier molecular flexibility index (Phi) is 6.33. The van der Waals surface area contributed by atoms with E-state index in [9.17, 15) is 9.59 Å². The molecule has 1 rings (SSSR count). The van der Waals surface area contributed by atoms with Gasteiger partial charge in [-0.15, -0.1) is 10.2 Å². The normalized spacial score (nSPS) is 14.9. The first-order chi connectivity index (χ1) is 10.2. The van der Waals surface area contributed by atoms with Crippen LogP contribution >= 0.6 is 0 Å². The van der Waals surface area contributed by atoms with Crippen LogP contribution < -0.4 is 10.6 Å². The fraction of sp³-hybridized carbons (Fsp3) is 0.714. The maximum Gasteiger partial charge on any atom is 0.343 e. The minimum absolute atomic E-state index is 0.339. The largest absolute Gasteiger partial charge is 0.343 e. The number of nitrogens with zero attached hydrogens (tertiary/aromatic N) is 4. The lowest BCUT2D eigenvalue weighted by Gasteiger charge is -2.27. The molecule has 1 aliphatic heterocycles. The second-order valence-corrected chi connectivity index (χ2v) is 6.08. The minimum Gasteiger partial charge on any atom is -0.336 e. The SMILES string of the molecule is CC1=NN(C(=O)NCC(C)C)C(C)=NN1C(=O)NCC(C)C. The Hall–Kier alpha value is -2.12. The molecular weight excluding hydrogens is 284 g/mol. The van der Waals surface area contributed by atoms with Crippen molar-refractivity contribution >= 4 is 23.7 Å². The van der Waals surface area contributed by atoms with Gasteiger partial charge in [-0.25, -0.2) is 9.59 Å². The second kappa shape index (κ2) is 7.77. The van der Waals surface area contributed by atoms with Crippen LogP contribution in [-0.4, -0.2) is 46.8 Å². The van der Waals surface area contributed by atoms with Gasteiger partial charge in [-0.2, -0.15) is 10.0 Å².